The smallest absolute Gasteiger partial charge is 0.295 e. The molecule has 4 rings (SSSR count). The first-order chi connectivity index (χ1) is 12.2. The van der Waals surface area contributed by atoms with Crippen LogP contribution in [0.15, 0.2) is 64.0 Å². The summed E-state index contributed by atoms with van der Waals surface area (Å²) in [7, 11) is 0. The normalized spacial score (nSPS) is 14.1. The van der Waals surface area contributed by atoms with Crippen LogP contribution >= 0.6 is 23.4 Å². The SMILES string of the molecule is O=C(c1cc2ccccc2o1)N1CCN=C1SCc1ccccc1Cl. The van der Waals surface area contributed by atoms with Crippen molar-refractivity contribution in [3.63, 3.8) is 0 Å². The maximum Gasteiger partial charge on any atom is 0.295 e. The van der Waals surface area contributed by atoms with E-state index in [1.54, 1.807) is 11.0 Å². The van der Waals surface area contributed by atoms with Gasteiger partial charge in [-0.2, -0.15) is 0 Å². The van der Waals surface area contributed by atoms with Crippen molar-refractivity contribution < 1.29 is 9.21 Å². The molecule has 0 saturated carbocycles. The number of nitrogens with zero attached hydrogens (tertiary/aromatic N) is 2. The predicted molar refractivity (Wildman–Crippen MR) is 102 cm³/mol. The average molecular weight is 371 g/mol. The molecule has 6 heteroatoms. The lowest BCUT2D eigenvalue weighted by Gasteiger charge is -2.16. The number of rotatable bonds is 3. The zero-order chi connectivity index (χ0) is 17.2. The van der Waals surface area contributed by atoms with Crippen LogP contribution in [0.1, 0.15) is 16.1 Å². The molecule has 126 valence electrons. The minimum absolute atomic E-state index is 0.154. The van der Waals surface area contributed by atoms with Crippen LogP contribution in [-0.2, 0) is 5.75 Å². The number of halogens is 1. The van der Waals surface area contributed by atoms with E-state index in [9.17, 15) is 4.79 Å². The monoisotopic (exact) mass is 370 g/mol. The number of furan rings is 1. The van der Waals surface area contributed by atoms with Gasteiger partial charge in [0, 0.05) is 22.7 Å². The number of benzene rings is 2. The van der Waals surface area contributed by atoms with Crippen molar-refractivity contribution in [3.8, 4) is 0 Å². The Bertz CT molecular complexity index is 934. The molecule has 2 heterocycles. The van der Waals surface area contributed by atoms with E-state index in [1.807, 2.05) is 48.5 Å². The fourth-order valence-corrected chi connectivity index (χ4v) is 4.05. The average Bonchev–Trinajstić information content (AvgIpc) is 3.27. The Morgan fingerprint density at radius 3 is 2.84 bits per heavy atom. The van der Waals surface area contributed by atoms with Gasteiger partial charge >= 0.3 is 0 Å². The van der Waals surface area contributed by atoms with Crippen LogP contribution in [0.5, 0.6) is 0 Å². The number of fused-ring (bicyclic) bond motifs is 1. The molecule has 0 unspecified atom stereocenters. The van der Waals surface area contributed by atoms with Gasteiger partial charge in [0.2, 0.25) is 0 Å². The highest BCUT2D eigenvalue weighted by molar-refractivity contribution is 8.13. The van der Waals surface area contributed by atoms with Gasteiger partial charge in [-0.15, -0.1) is 0 Å². The first kappa shape index (κ1) is 16.2. The van der Waals surface area contributed by atoms with Crippen LogP contribution in [0.25, 0.3) is 11.0 Å². The topological polar surface area (TPSA) is 45.8 Å². The minimum atomic E-state index is -0.154. The van der Waals surface area contributed by atoms with Gasteiger partial charge in [0.1, 0.15) is 5.58 Å². The standard InChI is InChI=1S/C19H15ClN2O2S/c20-15-7-3-1-6-14(15)12-25-19-21-9-10-22(19)18(23)17-11-13-5-2-4-8-16(13)24-17/h1-8,11H,9-10,12H2. The zero-order valence-electron chi connectivity index (χ0n) is 13.3. The summed E-state index contributed by atoms with van der Waals surface area (Å²) in [5.41, 5.74) is 1.74. The molecular formula is C19H15ClN2O2S. The molecule has 0 fully saturated rings. The number of hydrogen-bond acceptors (Lipinski definition) is 4. The molecule has 1 amide bonds. The maximum atomic E-state index is 12.8. The lowest BCUT2D eigenvalue weighted by Crippen LogP contribution is -2.32. The molecule has 0 aliphatic carbocycles. The number of amides is 1. The Morgan fingerprint density at radius 2 is 2.00 bits per heavy atom. The summed E-state index contributed by atoms with van der Waals surface area (Å²) in [5, 5.41) is 2.36. The molecule has 1 aromatic heterocycles. The number of hydrogen-bond donors (Lipinski definition) is 0. The number of thioether (sulfide) groups is 1. The highest BCUT2D eigenvalue weighted by Crippen LogP contribution is 2.26. The summed E-state index contributed by atoms with van der Waals surface area (Å²) in [5.74, 6) is 0.857. The van der Waals surface area contributed by atoms with Gasteiger partial charge in [-0.25, -0.2) is 0 Å². The van der Waals surface area contributed by atoms with Crippen molar-refractivity contribution in [2.24, 2.45) is 4.99 Å². The molecule has 4 nitrogen and oxygen atoms in total. The van der Waals surface area contributed by atoms with Crippen molar-refractivity contribution in [1.82, 2.24) is 4.90 Å². The molecular weight excluding hydrogens is 356 g/mol. The molecule has 1 aliphatic heterocycles. The quantitative estimate of drug-likeness (QED) is 0.663. The van der Waals surface area contributed by atoms with E-state index in [0.717, 1.165) is 16.0 Å². The van der Waals surface area contributed by atoms with E-state index in [2.05, 4.69) is 4.99 Å². The first-order valence-electron chi connectivity index (χ1n) is 7.93. The second kappa shape index (κ2) is 6.94. The van der Waals surface area contributed by atoms with Crippen LogP contribution in [0.3, 0.4) is 0 Å². The Kier molecular flexibility index (Phi) is 4.51. The van der Waals surface area contributed by atoms with Crippen LogP contribution in [0, 0.1) is 0 Å². The molecule has 0 spiro atoms. The van der Waals surface area contributed by atoms with Crippen LogP contribution < -0.4 is 0 Å². The van der Waals surface area contributed by atoms with E-state index in [-0.39, 0.29) is 5.91 Å². The summed E-state index contributed by atoms with van der Waals surface area (Å²) in [6.45, 7) is 1.18. The van der Waals surface area contributed by atoms with Gasteiger partial charge in [-0.05, 0) is 23.8 Å². The second-order valence-corrected chi connectivity index (χ2v) is 7.00. The Hall–Kier alpha value is -2.24. The van der Waals surface area contributed by atoms with Gasteiger partial charge in [0.25, 0.3) is 5.91 Å². The van der Waals surface area contributed by atoms with Crippen LogP contribution in [0.4, 0.5) is 0 Å². The lowest BCUT2D eigenvalue weighted by molar-refractivity contribution is 0.0833. The predicted octanol–water partition coefficient (Wildman–Crippen LogP) is 4.83. The molecule has 0 atom stereocenters. The Balaban J connectivity index is 1.50. The number of carbonyl (C=O) groups excluding carboxylic acids is 1. The van der Waals surface area contributed by atoms with Crippen LogP contribution in [0.2, 0.25) is 5.02 Å². The van der Waals surface area contributed by atoms with Gasteiger partial charge in [-0.3, -0.25) is 14.7 Å². The number of carbonyl (C=O) groups is 1. The van der Waals surface area contributed by atoms with Gasteiger partial charge in [0.15, 0.2) is 10.9 Å². The highest BCUT2D eigenvalue weighted by Gasteiger charge is 2.27. The first-order valence-corrected chi connectivity index (χ1v) is 9.30. The van der Waals surface area contributed by atoms with Gasteiger partial charge in [0.05, 0.1) is 6.54 Å². The third-order valence-corrected chi connectivity index (χ3v) is 5.43. The fraction of sp³-hybridized carbons (Fsp3) is 0.158. The molecule has 3 aromatic rings. The van der Waals surface area contributed by atoms with Crippen molar-refractivity contribution in [2.45, 2.75) is 5.75 Å². The summed E-state index contributed by atoms with van der Waals surface area (Å²) in [6, 6.07) is 17.1. The molecule has 0 bridgehead atoms. The lowest BCUT2D eigenvalue weighted by atomic mass is 10.2. The number of para-hydroxylation sites is 1. The van der Waals surface area contributed by atoms with E-state index in [1.165, 1.54) is 11.8 Å². The maximum absolute atomic E-state index is 12.8. The second-order valence-electron chi connectivity index (χ2n) is 5.65. The molecule has 0 saturated heterocycles. The van der Waals surface area contributed by atoms with Gasteiger partial charge in [-0.1, -0.05) is 59.8 Å². The number of aliphatic imine (C=N–C) groups is 1. The third kappa shape index (κ3) is 3.30. The molecule has 0 N–H and O–H groups in total. The zero-order valence-corrected chi connectivity index (χ0v) is 14.9. The Labute approximate surface area is 154 Å². The third-order valence-electron chi connectivity index (χ3n) is 4.00. The fourth-order valence-electron chi connectivity index (χ4n) is 2.72. The van der Waals surface area contributed by atoms with E-state index in [0.29, 0.717) is 35.4 Å². The van der Waals surface area contributed by atoms with Crippen molar-refractivity contribution >= 4 is 45.4 Å². The van der Waals surface area contributed by atoms with Crippen LogP contribution in [-0.4, -0.2) is 29.1 Å². The Morgan fingerprint density at radius 1 is 1.20 bits per heavy atom. The summed E-state index contributed by atoms with van der Waals surface area (Å²) in [4.78, 5) is 19.0. The van der Waals surface area contributed by atoms with Crippen molar-refractivity contribution in [3.05, 3.63) is 70.9 Å². The molecule has 25 heavy (non-hydrogen) atoms. The summed E-state index contributed by atoms with van der Waals surface area (Å²) < 4.78 is 5.70. The molecule has 0 radical (unpaired) electrons. The van der Waals surface area contributed by atoms with Crippen molar-refractivity contribution in [1.29, 1.82) is 0 Å². The van der Waals surface area contributed by atoms with E-state index in [4.69, 9.17) is 16.0 Å². The van der Waals surface area contributed by atoms with Crippen molar-refractivity contribution in [2.75, 3.05) is 13.1 Å². The highest BCUT2D eigenvalue weighted by atomic mass is 35.5. The largest absolute Gasteiger partial charge is 0.451 e. The van der Waals surface area contributed by atoms with E-state index < -0.39 is 0 Å². The molecule has 2 aromatic carbocycles. The number of amidine groups is 1. The minimum Gasteiger partial charge on any atom is -0.451 e. The summed E-state index contributed by atoms with van der Waals surface area (Å²) in [6.07, 6.45) is 0. The summed E-state index contributed by atoms with van der Waals surface area (Å²) >= 11 is 7.72. The van der Waals surface area contributed by atoms with E-state index >= 15 is 0 Å². The van der Waals surface area contributed by atoms with Gasteiger partial charge < -0.3 is 4.42 Å². The molecule has 1 aliphatic rings.